The third-order valence-electron chi connectivity index (χ3n) is 2.44. The zero-order valence-electron chi connectivity index (χ0n) is 8.30. The fourth-order valence-corrected chi connectivity index (χ4v) is 2.00. The van der Waals surface area contributed by atoms with Crippen LogP contribution in [0.25, 0.3) is 0 Å². The molecule has 0 aliphatic carbocycles. The summed E-state index contributed by atoms with van der Waals surface area (Å²) in [6, 6.07) is 4.87. The van der Waals surface area contributed by atoms with Gasteiger partial charge in [0.2, 0.25) is 0 Å². The lowest BCUT2D eigenvalue weighted by molar-refractivity contribution is 0.160. The van der Waals surface area contributed by atoms with Crippen LogP contribution < -0.4 is 10.1 Å². The van der Waals surface area contributed by atoms with Crippen LogP contribution in [-0.2, 0) is 0 Å². The predicted octanol–water partition coefficient (Wildman–Crippen LogP) is 2.72. The highest BCUT2D eigenvalue weighted by Gasteiger charge is 2.16. The summed E-state index contributed by atoms with van der Waals surface area (Å²) in [7, 11) is 0. The number of benzene rings is 1. The van der Waals surface area contributed by atoms with Crippen LogP contribution in [0.15, 0.2) is 22.7 Å². The summed E-state index contributed by atoms with van der Waals surface area (Å²) in [4.78, 5) is 0. The third-order valence-corrected chi connectivity index (χ3v) is 2.93. The second kappa shape index (κ2) is 4.94. The van der Waals surface area contributed by atoms with Gasteiger partial charge in [-0.25, -0.2) is 4.39 Å². The minimum absolute atomic E-state index is 0.0921. The summed E-state index contributed by atoms with van der Waals surface area (Å²) in [6.07, 6.45) is 2.17. The minimum Gasteiger partial charge on any atom is -0.486 e. The number of ether oxygens (including phenoxy) is 1. The molecule has 82 valence electrons. The van der Waals surface area contributed by atoms with Crippen LogP contribution in [0, 0.1) is 5.82 Å². The van der Waals surface area contributed by atoms with Crippen LogP contribution in [0.2, 0.25) is 0 Å². The third kappa shape index (κ3) is 2.92. The van der Waals surface area contributed by atoms with E-state index in [1.165, 1.54) is 6.07 Å². The molecule has 1 aromatic rings. The maximum atomic E-state index is 13.4. The van der Waals surface area contributed by atoms with Crippen LogP contribution in [0.3, 0.4) is 0 Å². The van der Waals surface area contributed by atoms with Gasteiger partial charge in [-0.05, 0) is 37.6 Å². The van der Waals surface area contributed by atoms with E-state index in [1.54, 1.807) is 12.1 Å². The molecule has 1 fully saturated rings. The first-order valence-corrected chi connectivity index (χ1v) is 5.87. The van der Waals surface area contributed by atoms with Crippen molar-refractivity contribution in [1.29, 1.82) is 0 Å². The van der Waals surface area contributed by atoms with E-state index in [-0.39, 0.29) is 11.9 Å². The first-order chi connectivity index (χ1) is 7.25. The van der Waals surface area contributed by atoms with Crippen LogP contribution in [-0.4, -0.2) is 19.2 Å². The quantitative estimate of drug-likeness (QED) is 0.895. The zero-order chi connectivity index (χ0) is 10.7. The number of rotatable bonds is 2. The molecule has 2 rings (SSSR count). The van der Waals surface area contributed by atoms with E-state index < -0.39 is 0 Å². The van der Waals surface area contributed by atoms with Crippen molar-refractivity contribution in [2.45, 2.75) is 18.9 Å². The van der Waals surface area contributed by atoms with Gasteiger partial charge in [0.25, 0.3) is 0 Å². The molecule has 4 heteroatoms. The average molecular weight is 274 g/mol. The minimum atomic E-state index is -0.310. The van der Waals surface area contributed by atoms with Crippen molar-refractivity contribution in [1.82, 2.24) is 5.32 Å². The summed E-state index contributed by atoms with van der Waals surface area (Å²) >= 11 is 3.21. The number of piperidine rings is 1. The van der Waals surface area contributed by atoms with Crippen molar-refractivity contribution in [3.05, 3.63) is 28.5 Å². The molecule has 1 aliphatic rings. The molecule has 1 atom stereocenters. The second-order valence-electron chi connectivity index (χ2n) is 3.66. The van der Waals surface area contributed by atoms with Gasteiger partial charge in [-0.2, -0.15) is 0 Å². The molecule has 0 radical (unpaired) electrons. The second-order valence-corrected chi connectivity index (χ2v) is 4.58. The van der Waals surface area contributed by atoms with Gasteiger partial charge in [-0.1, -0.05) is 15.9 Å². The van der Waals surface area contributed by atoms with Crippen molar-refractivity contribution in [2.24, 2.45) is 0 Å². The monoisotopic (exact) mass is 273 g/mol. The van der Waals surface area contributed by atoms with Crippen molar-refractivity contribution in [3.8, 4) is 5.75 Å². The Labute approximate surface area is 96.9 Å². The molecule has 0 amide bonds. The highest BCUT2D eigenvalue weighted by atomic mass is 79.9. The van der Waals surface area contributed by atoms with E-state index in [0.717, 1.165) is 30.4 Å². The topological polar surface area (TPSA) is 21.3 Å². The molecule has 1 saturated heterocycles. The largest absolute Gasteiger partial charge is 0.486 e. The SMILES string of the molecule is Fc1cc(Br)ccc1O[C@H]1CCCNC1. The molecule has 0 aromatic heterocycles. The van der Waals surface area contributed by atoms with Gasteiger partial charge < -0.3 is 10.1 Å². The fourth-order valence-electron chi connectivity index (χ4n) is 1.67. The number of halogens is 2. The maximum absolute atomic E-state index is 13.4. The molecular weight excluding hydrogens is 261 g/mol. The fraction of sp³-hybridized carbons (Fsp3) is 0.455. The van der Waals surface area contributed by atoms with E-state index in [1.807, 2.05) is 0 Å². The van der Waals surface area contributed by atoms with E-state index in [2.05, 4.69) is 21.2 Å². The summed E-state index contributed by atoms with van der Waals surface area (Å²) in [5.41, 5.74) is 0. The Morgan fingerprint density at radius 3 is 3.00 bits per heavy atom. The van der Waals surface area contributed by atoms with Crippen molar-refractivity contribution < 1.29 is 9.13 Å². The summed E-state index contributed by atoms with van der Waals surface area (Å²) in [6.45, 7) is 1.83. The highest BCUT2D eigenvalue weighted by Crippen LogP contribution is 2.23. The van der Waals surface area contributed by atoms with Gasteiger partial charge in [0, 0.05) is 11.0 Å². The average Bonchev–Trinajstić information content (AvgIpc) is 2.24. The Morgan fingerprint density at radius 2 is 2.33 bits per heavy atom. The van der Waals surface area contributed by atoms with Gasteiger partial charge in [0.05, 0.1) is 0 Å². The van der Waals surface area contributed by atoms with Crippen LogP contribution in [0.1, 0.15) is 12.8 Å². The zero-order valence-corrected chi connectivity index (χ0v) is 9.89. The van der Waals surface area contributed by atoms with Crippen LogP contribution in [0.5, 0.6) is 5.75 Å². The molecule has 0 saturated carbocycles. The molecule has 1 aromatic carbocycles. The Balaban J connectivity index is 2.03. The molecule has 0 bridgehead atoms. The lowest BCUT2D eigenvalue weighted by Gasteiger charge is -2.24. The number of hydrogen-bond acceptors (Lipinski definition) is 2. The number of nitrogens with one attached hydrogen (secondary N) is 1. The molecule has 0 unspecified atom stereocenters. The summed E-state index contributed by atoms with van der Waals surface area (Å²) in [5, 5.41) is 3.23. The molecule has 1 aliphatic heterocycles. The Bertz CT molecular complexity index is 339. The van der Waals surface area contributed by atoms with Gasteiger partial charge in [0.1, 0.15) is 6.10 Å². The van der Waals surface area contributed by atoms with Gasteiger partial charge in [-0.15, -0.1) is 0 Å². The molecule has 1 heterocycles. The Hall–Kier alpha value is -0.610. The smallest absolute Gasteiger partial charge is 0.166 e. The Morgan fingerprint density at radius 1 is 1.47 bits per heavy atom. The van der Waals surface area contributed by atoms with Gasteiger partial charge >= 0.3 is 0 Å². The summed E-state index contributed by atoms with van der Waals surface area (Å²) in [5.74, 6) is 0.0295. The lowest BCUT2D eigenvalue weighted by Crippen LogP contribution is -2.37. The lowest BCUT2D eigenvalue weighted by atomic mass is 10.1. The van der Waals surface area contributed by atoms with Gasteiger partial charge in [0.15, 0.2) is 11.6 Å². The molecule has 0 spiro atoms. The molecular formula is C11H13BrFNO. The molecule has 15 heavy (non-hydrogen) atoms. The summed E-state index contributed by atoms with van der Waals surface area (Å²) < 4.78 is 19.7. The Kier molecular flexibility index (Phi) is 3.59. The van der Waals surface area contributed by atoms with E-state index in [4.69, 9.17) is 4.74 Å². The standard InChI is InChI=1S/C11H13BrFNO/c12-8-3-4-11(10(13)6-8)15-9-2-1-5-14-7-9/h3-4,6,9,14H,1-2,5,7H2/t9-/m0/s1. The van der Waals surface area contributed by atoms with E-state index in [0.29, 0.717) is 5.75 Å². The van der Waals surface area contributed by atoms with Crippen molar-refractivity contribution in [2.75, 3.05) is 13.1 Å². The van der Waals surface area contributed by atoms with Crippen molar-refractivity contribution >= 4 is 15.9 Å². The normalized spacial score (nSPS) is 21.3. The van der Waals surface area contributed by atoms with Gasteiger partial charge in [-0.3, -0.25) is 0 Å². The highest BCUT2D eigenvalue weighted by molar-refractivity contribution is 9.10. The first kappa shape index (κ1) is 10.9. The predicted molar refractivity (Wildman–Crippen MR) is 60.6 cm³/mol. The van der Waals surface area contributed by atoms with E-state index in [9.17, 15) is 4.39 Å². The van der Waals surface area contributed by atoms with Crippen LogP contribution in [0.4, 0.5) is 4.39 Å². The van der Waals surface area contributed by atoms with Crippen molar-refractivity contribution in [3.63, 3.8) is 0 Å². The first-order valence-electron chi connectivity index (χ1n) is 5.08. The van der Waals surface area contributed by atoms with E-state index >= 15 is 0 Å². The molecule has 1 N–H and O–H groups in total. The molecule has 2 nitrogen and oxygen atoms in total. The maximum Gasteiger partial charge on any atom is 0.166 e. The number of hydrogen-bond donors (Lipinski definition) is 1. The van der Waals surface area contributed by atoms with Crippen LogP contribution >= 0.6 is 15.9 Å².